The van der Waals surface area contributed by atoms with Gasteiger partial charge in [-0.25, -0.2) is 19.7 Å². The summed E-state index contributed by atoms with van der Waals surface area (Å²) in [5.74, 6) is -1.65. The van der Waals surface area contributed by atoms with Crippen molar-refractivity contribution in [3.05, 3.63) is 65.1 Å². The molecular formula is C32H34F3N5O6. The lowest BCUT2D eigenvalue weighted by molar-refractivity contribution is -0.145. The predicted octanol–water partition coefficient (Wildman–Crippen LogP) is 5.20. The zero-order valence-corrected chi connectivity index (χ0v) is 25.2. The normalized spacial score (nSPS) is 18.6. The lowest BCUT2D eigenvalue weighted by Crippen LogP contribution is -2.55. The summed E-state index contributed by atoms with van der Waals surface area (Å²) < 4.78 is 60.1. The van der Waals surface area contributed by atoms with Gasteiger partial charge < -0.3 is 29.5 Å². The van der Waals surface area contributed by atoms with Gasteiger partial charge in [-0.1, -0.05) is 31.4 Å². The van der Waals surface area contributed by atoms with E-state index in [9.17, 15) is 27.9 Å². The Balaban J connectivity index is 1.32. The lowest BCUT2D eigenvalue weighted by atomic mass is 9.78. The Bertz CT molecular complexity index is 1620. The zero-order valence-electron chi connectivity index (χ0n) is 25.2. The smallest absolute Gasteiger partial charge is 0.434 e. The number of aromatic nitrogens is 3. The molecule has 0 bridgehead atoms. The maximum absolute atomic E-state index is 14.4. The molecule has 6 rings (SSSR count). The SMILES string of the molecule is COc1cccc(COc2ccc3c(n2)C2(CCOCC2)CN3c2ncc(C(=O)NC3(C(=O)O)CCCCC3)c(C(F)(F)F)n2)c1. The summed E-state index contributed by atoms with van der Waals surface area (Å²) in [6.45, 7) is 1.38. The van der Waals surface area contributed by atoms with Gasteiger partial charge in [-0.2, -0.15) is 13.2 Å². The Morgan fingerprint density at radius 3 is 2.52 bits per heavy atom. The van der Waals surface area contributed by atoms with E-state index in [-0.39, 0.29) is 31.9 Å². The van der Waals surface area contributed by atoms with Crippen LogP contribution in [0.5, 0.6) is 11.6 Å². The van der Waals surface area contributed by atoms with E-state index >= 15 is 0 Å². The highest BCUT2D eigenvalue weighted by Gasteiger charge is 2.48. The Hall–Kier alpha value is -4.46. The average Bonchev–Trinajstić information content (AvgIpc) is 3.36. The molecule has 1 amide bonds. The molecule has 14 heteroatoms. The minimum absolute atomic E-state index is 0.128. The Morgan fingerprint density at radius 2 is 1.83 bits per heavy atom. The number of alkyl halides is 3. The second-order valence-electron chi connectivity index (χ2n) is 12.0. The third-order valence-electron chi connectivity index (χ3n) is 9.07. The van der Waals surface area contributed by atoms with Gasteiger partial charge >= 0.3 is 12.1 Å². The van der Waals surface area contributed by atoms with Crippen molar-refractivity contribution in [1.29, 1.82) is 0 Å². The van der Waals surface area contributed by atoms with Crippen LogP contribution in [0, 0.1) is 0 Å². The van der Waals surface area contributed by atoms with Crippen molar-refractivity contribution in [3.63, 3.8) is 0 Å². The molecule has 0 unspecified atom stereocenters. The Labute approximate surface area is 263 Å². The van der Waals surface area contributed by atoms with E-state index in [1.807, 2.05) is 24.3 Å². The number of anilines is 2. The summed E-state index contributed by atoms with van der Waals surface area (Å²) >= 11 is 0. The fourth-order valence-corrected chi connectivity index (χ4v) is 6.56. The summed E-state index contributed by atoms with van der Waals surface area (Å²) in [6, 6.07) is 10.8. The van der Waals surface area contributed by atoms with Crippen molar-refractivity contribution in [3.8, 4) is 11.6 Å². The van der Waals surface area contributed by atoms with Gasteiger partial charge in [0.2, 0.25) is 11.8 Å². The van der Waals surface area contributed by atoms with Crippen LogP contribution >= 0.6 is 0 Å². The second-order valence-corrected chi connectivity index (χ2v) is 12.0. The van der Waals surface area contributed by atoms with Crippen molar-refractivity contribution in [2.45, 2.75) is 68.7 Å². The monoisotopic (exact) mass is 641 g/mol. The average molecular weight is 642 g/mol. The van der Waals surface area contributed by atoms with Crippen molar-refractivity contribution in [2.24, 2.45) is 0 Å². The molecule has 0 atom stereocenters. The van der Waals surface area contributed by atoms with E-state index in [2.05, 4.69) is 15.3 Å². The predicted molar refractivity (Wildman–Crippen MR) is 158 cm³/mol. The summed E-state index contributed by atoms with van der Waals surface area (Å²) in [7, 11) is 1.58. The molecule has 4 heterocycles. The molecule has 1 saturated heterocycles. The Morgan fingerprint density at radius 1 is 1.07 bits per heavy atom. The highest BCUT2D eigenvalue weighted by Crippen LogP contribution is 2.49. The number of amides is 1. The first-order chi connectivity index (χ1) is 22.0. The molecule has 0 radical (unpaired) electrons. The number of hydrogen-bond acceptors (Lipinski definition) is 9. The summed E-state index contributed by atoms with van der Waals surface area (Å²) in [4.78, 5) is 39.8. The van der Waals surface area contributed by atoms with Crippen molar-refractivity contribution >= 4 is 23.5 Å². The van der Waals surface area contributed by atoms with E-state index < -0.39 is 40.3 Å². The quantitative estimate of drug-likeness (QED) is 0.338. The van der Waals surface area contributed by atoms with E-state index in [0.717, 1.165) is 18.2 Å². The number of nitrogens with zero attached hydrogens (tertiary/aromatic N) is 4. The molecular weight excluding hydrogens is 607 g/mol. The number of nitrogens with one attached hydrogen (secondary N) is 1. The van der Waals surface area contributed by atoms with E-state index in [1.54, 1.807) is 24.1 Å². The first-order valence-electron chi connectivity index (χ1n) is 15.2. The number of methoxy groups -OCH3 is 1. The van der Waals surface area contributed by atoms with Crippen LogP contribution in [0.25, 0.3) is 0 Å². The molecule has 2 aliphatic heterocycles. The molecule has 3 aromatic rings. The molecule has 1 aromatic carbocycles. The molecule has 46 heavy (non-hydrogen) atoms. The molecule has 3 aliphatic rings. The maximum Gasteiger partial charge on any atom is 0.434 e. The molecule has 11 nitrogen and oxygen atoms in total. The van der Waals surface area contributed by atoms with Gasteiger partial charge in [0.1, 0.15) is 17.9 Å². The highest BCUT2D eigenvalue weighted by atomic mass is 19.4. The number of pyridine rings is 1. The van der Waals surface area contributed by atoms with Crippen molar-refractivity contribution < 1.29 is 42.1 Å². The second kappa shape index (κ2) is 12.4. The van der Waals surface area contributed by atoms with Gasteiger partial charge in [-0.3, -0.25) is 4.79 Å². The lowest BCUT2D eigenvalue weighted by Gasteiger charge is -2.34. The van der Waals surface area contributed by atoms with Crippen molar-refractivity contribution in [1.82, 2.24) is 20.3 Å². The summed E-state index contributed by atoms with van der Waals surface area (Å²) in [5, 5.41) is 12.2. The molecule has 2 fully saturated rings. The number of carbonyl (C=O) groups is 2. The molecule has 2 aromatic heterocycles. The molecule has 1 spiro atoms. The van der Waals surface area contributed by atoms with Crippen LogP contribution in [0.3, 0.4) is 0 Å². The highest BCUT2D eigenvalue weighted by molar-refractivity contribution is 5.98. The number of fused-ring (bicyclic) bond motifs is 2. The zero-order chi connectivity index (χ0) is 32.5. The third kappa shape index (κ3) is 6.05. The number of carboxylic acid groups (broad SMARTS) is 1. The van der Waals surface area contributed by atoms with Crippen molar-refractivity contribution in [2.75, 3.05) is 31.8 Å². The molecule has 1 aliphatic carbocycles. The van der Waals surface area contributed by atoms with Gasteiger partial charge in [0.15, 0.2) is 5.69 Å². The van der Waals surface area contributed by atoms with Gasteiger partial charge in [0.05, 0.1) is 24.1 Å². The number of carboxylic acids is 1. The van der Waals surface area contributed by atoms with Gasteiger partial charge in [-0.15, -0.1) is 0 Å². The van der Waals surface area contributed by atoms with Crippen LogP contribution in [0.4, 0.5) is 24.8 Å². The van der Waals surface area contributed by atoms with E-state index in [1.165, 1.54) is 0 Å². The Kier molecular flexibility index (Phi) is 8.49. The fourth-order valence-electron chi connectivity index (χ4n) is 6.56. The largest absolute Gasteiger partial charge is 0.497 e. The van der Waals surface area contributed by atoms with Crippen LogP contribution < -0.4 is 19.7 Å². The minimum Gasteiger partial charge on any atom is -0.497 e. The number of ether oxygens (including phenoxy) is 3. The van der Waals surface area contributed by atoms with Crippen LogP contribution in [-0.4, -0.2) is 64.3 Å². The minimum atomic E-state index is -5.01. The number of halogens is 3. The molecule has 1 saturated carbocycles. The number of hydrogen-bond donors (Lipinski definition) is 2. The van der Waals surface area contributed by atoms with Crippen LogP contribution in [0.2, 0.25) is 0 Å². The first-order valence-corrected chi connectivity index (χ1v) is 15.2. The van der Waals surface area contributed by atoms with E-state index in [0.29, 0.717) is 61.9 Å². The molecule has 2 N–H and O–H groups in total. The molecule has 244 valence electrons. The van der Waals surface area contributed by atoms with E-state index in [4.69, 9.17) is 19.2 Å². The number of aliphatic carboxylic acids is 1. The third-order valence-corrected chi connectivity index (χ3v) is 9.07. The van der Waals surface area contributed by atoms with Crippen LogP contribution in [0.1, 0.15) is 72.3 Å². The van der Waals surface area contributed by atoms with Crippen LogP contribution in [0.15, 0.2) is 42.6 Å². The summed E-state index contributed by atoms with van der Waals surface area (Å²) in [6.07, 6.45) is -0.916. The van der Waals surface area contributed by atoms with Gasteiger partial charge in [-0.05, 0) is 49.4 Å². The van der Waals surface area contributed by atoms with Crippen LogP contribution in [-0.2, 0) is 27.7 Å². The summed E-state index contributed by atoms with van der Waals surface area (Å²) in [5.41, 5.74) is -2.40. The maximum atomic E-state index is 14.4. The number of benzene rings is 1. The number of carbonyl (C=O) groups excluding carboxylic acids is 1. The van der Waals surface area contributed by atoms with Gasteiger partial charge in [0.25, 0.3) is 5.91 Å². The first kappa shape index (κ1) is 31.5. The topological polar surface area (TPSA) is 136 Å². The van der Waals surface area contributed by atoms with Gasteiger partial charge in [0, 0.05) is 37.4 Å². The number of rotatable bonds is 8. The standard InChI is InChI=1S/C32H34F3N5O6/c1-44-21-7-5-6-20(16-21)18-46-24-9-8-23-26(37-24)30(12-14-45-15-13-30)19-40(23)29-36-17-22(25(38-29)32(33,34)35)27(41)39-31(28(42)43)10-3-2-4-11-31/h5-9,16-17H,2-4,10-15,18-19H2,1H3,(H,39,41)(H,42,43). The fraction of sp³-hybridized carbons (Fsp3) is 0.469.